The van der Waals surface area contributed by atoms with Crippen LogP contribution in [0.25, 0.3) is 6.08 Å². The summed E-state index contributed by atoms with van der Waals surface area (Å²) in [6.45, 7) is 2.02. The van der Waals surface area contributed by atoms with Crippen LogP contribution in [0.3, 0.4) is 0 Å². The fourth-order valence-electron chi connectivity index (χ4n) is 3.57. The van der Waals surface area contributed by atoms with E-state index in [1.165, 1.54) is 24.1 Å². The van der Waals surface area contributed by atoms with Crippen molar-refractivity contribution < 1.29 is 28.3 Å². The molecule has 0 aliphatic heterocycles. The number of ether oxygens (including phenoxy) is 1. The van der Waals surface area contributed by atoms with Crippen LogP contribution in [-0.2, 0) is 14.3 Å². The van der Waals surface area contributed by atoms with Crippen LogP contribution in [0.2, 0.25) is 0 Å². The molecule has 0 spiro atoms. The van der Waals surface area contributed by atoms with E-state index < -0.39 is 17.8 Å². The minimum absolute atomic E-state index is 0.000196. The Labute approximate surface area is 241 Å². The molecule has 0 saturated carbocycles. The van der Waals surface area contributed by atoms with E-state index in [0.29, 0.717) is 28.3 Å². The van der Waals surface area contributed by atoms with Crippen molar-refractivity contribution >= 4 is 52.9 Å². The number of hydrogen-bond acceptors (Lipinski definition) is 7. The molecule has 0 unspecified atom stereocenters. The van der Waals surface area contributed by atoms with Crippen LogP contribution in [0.4, 0.5) is 11.4 Å². The number of furan rings is 1. The van der Waals surface area contributed by atoms with Crippen LogP contribution in [0, 0.1) is 0 Å². The summed E-state index contributed by atoms with van der Waals surface area (Å²) >= 11 is 1.29. The lowest BCUT2D eigenvalue weighted by Gasteiger charge is -2.12. The summed E-state index contributed by atoms with van der Waals surface area (Å²) in [6.07, 6.45) is 2.91. The molecule has 3 N–H and O–H groups in total. The number of amides is 3. The lowest BCUT2D eigenvalue weighted by atomic mass is 10.2. The molecule has 0 fully saturated rings. The number of rotatable bonds is 11. The van der Waals surface area contributed by atoms with Gasteiger partial charge in [0.2, 0.25) is 5.91 Å². The van der Waals surface area contributed by atoms with Crippen molar-refractivity contribution in [3.05, 3.63) is 120 Å². The zero-order valence-electron chi connectivity index (χ0n) is 22.1. The van der Waals surface area contributed by atoms with Gasteiger partial charge in [0.25, 0.3) is 11.8 Å². The molecule has 0 aliphatic carbocycles. The number of anilines is 2. The minimum atomic E-state index is -0.545. The van der Waals surface area contributed by atoms with Crippen LogP contribution < -0.4 is 16.0 Å². The summed E-state index contributed by atoms with van der Waals surface area (Å²) in [5.41, 5.74) is 1.84. The average molecular weight is 570 g/mol. The van der Waals surface area contributed by atoms with E-state index in [2.05, 4.69) is 16.0 Å². The Bertz CT molecular complexity index is 1530. The molecule has 1 heterocycles. The van der Waals surface area contributed by atoms with Crippen LogP contribution in [0.15, 0.2) is 112 Å². The molecule has 208 valence electrons. The fourth-order valence-corrected chi connectivity index (χ4v) is 4.33. The Morgan fingerprint density at radius 1 is 0.829 bits per heavy atom. The molecule has 41 heavy (non-hydrogen) atoms. The van der Waals surface area contributed by atoms with Gasteiger partial charge >= 0.3 is 5.97 Å². The van der Waals surface area contributed by atoms with Crippen molar-refractivity contribution in [1.29, 1.82) is 0 Å². The predicted octanol–water partition coefficient (Wildman–Crippen LogP) is 5.60. The third-order valence-electron chi connectivity index (χ3n) is 5.50. The molecule has 3 aromatic carbocycles. The van der Waals surface area contributed by atoms with E-state index in [1.54, 1.807) is 91.9 Å². The standard InChI is InChI=1S/C31H27N3O6S/c1-2-39-31(38)22-13-15-23(16-14-22)32-28(35)20-41-26-12-6-10-24(18-26)33-30(37)27(19-25-11-7-17-40-25)34-29(36)21-8-4-3-5-9-21/h3-19H,2,20H2,1H3,(H,32,35)(H,33,37)(H,34,36)/b27-19-. The molecule has 0 bridgehead atoms. The van der Waals surface area contributed by atoms with E-state index in [-0.39, 0.29) is 24.0 Å². The van der Waals surface area contributed by atoms with Gasteiger partial charge in [-0.15, -0.1) is 11.8 Å². The summed E-state index contributed by atoms with van der Waals surface area (Å²) in [5, 5.41) is 8.23. The zero-order valence-corrected chi connectivity index (χ0v) is 22.9. The first-order chi connectivity index (χ1) is 19.9. The van der Waals surface area contributed by atoms with Crippen molar-refractivity contribution in [3.63, 3.8) is 0 Å². The maximum absolute atomic E-state index is 13.2. The third-order valence-corrected chi connectivity index (χ3v) is 6.49. The van der Waals surface area contributed by atoms with Gasteiger partial charge in [0.15, 0.2) is 0 Å². The molecule has 0 aliphatic rings. The molecule has 3 amide bonds. The number of thioether (sulfide) groups is 1. The number of esters is 1. The fraction of sp³-hybridized carbons (Fsp3) is 0.0968. The maximum atomic E-state index is 13.2. The maximum Gasteiger partial charge on any atom is 0.338 e. The monoisotopic (exact) mass is 569 g/mol. The molecule has 9 nitrogen and oxygen atoms in total. The predicted molar refractivity (Wildman–Crippen MR) is 157 cm³/mol. The zero-order chi connectivity index (χ0) is 29.0. The van der Waals surface area contributed by atoms with Gasteiger partial charge < -0.3 is 25.1 Å². The lowest BCUT2D eigenvalue weighted by molar-refractivity contribution is -0.114. The number of carbonyl (C=O) groups excluding carboxylic acids is 4. The van der Waals surface area contributed by atoms with Crippen molar-refractivity contribution in [2.75, 3.05) is 23.0 Å². The van der Waals surface area contributed by atoms with Gasteiger partial charge in [-0.05, 0) is 73.7 Å². The van der Waals surface area contributed by atoms with Gasteiger partial charge in [0.1, 0.15) is 11.5 Å². The Hall–Kier alpha value is -5.09. The normalized spacial score (nSPS) is 10.9. The minimum Gasteiger partial charge on any atom is -0.465 e. The molecule has 4 rings (SSSR count). The largest absolute Gasteiger partial charge is 0.465 e. The summed E-state index contributed by atoms with van der Waals surface area (Å²) in [5.74, 6) is -1.13. The van der Waals surface area contributed by atoms with Crippen molar-refractivity contribution in [3.8, 4) is 0 Å². The molecule has 0 atom stereocenters. The molecule has 0 radical (unpaired) electrons. The Kier molecular flexibility index (Phi) is 10.1. The van der Waals surface area contributed by atoms with Crippen molar-refractivity contribution in [2.45, 2.75) is 11.8 Å². The first-order valence-corrected chi connectivity index (χ1v) is 13.6. The van der Waals surface area contributed by atoms with Gasteiger partial charge in [-0.1, -0.05) is 24.3 Å². The molecule has 4 aromatic rings. The number of benzene rings is 3. The second-order valence-corrected chi connectivity index (χ2v) is 9.56. The molecule has 0 saturated heterocycles. The second kappa shape index (κ2) is 14.3. The van der Waals surface area contributed by atoms with Crippen LogP contribution in [-0.4, -0.2) is 36.1 Å². The van der Waals surface area contributed by atoms with E-state index in [4.69, 9.17) is 9.15 Å². The summed E-state index contributed by atoms with van der Waals surface area (Å²) < 4.78 is 10.3. The lowest BCUT2D eigenvalue weighted by Crippen LogP contribution is -2.30. The van der Waals surface area contributed by atoms with Gasteiger partial charge in [0.05, 0.1) is 24.2 Å². The average Bonchev–Trinajstić information content (AvgIpc) is 3.50. The summed E-state index contributed by atoms with van der Waals surface area (Å²) in [7, 11) is 0. The highest BCUT2D eigenvalue weighted by molar-refractivity contribution is 8.00. The molecule has 10 heteroatoms. The Morgan fingerprint density at radius 2 is 1.61 bits per heavy atom. The highest BCUT2D eigenvalue weighted by atomic mass is 32.2. The summed E-state index contributed by atoms with van der Waals surface area (Å²) in [6, 6.07) is 25.3. The van der Waals surface area contributed by atoms with E-state index >= 15 is 0 Å². The second-order valence-electron chi connectivity index (χ2n) is 8.51. The molecular formula is C31H27N3O6S. The van der Waals surface area contributed by atoms with Crippen LogP contribution in [0.1, 0.15) is 33.4 Å². The van der Waals surface area contributed by atoms with Crippen LogP contribution in [0.5, 0.6) is 0 Å². The Balaban J connectivity index is 1.36. The molecular weight excluding hydrogens is 542 g/mol. The number of hydrogen-bond donors (Lipinski definition) is 3. The topological polar surface area (TPSA) is 127 Å². The van der Waals surface area contributed by atoms with Crippen LogP contribution >= 0.6 is 11.8 Å². The first-order valence-electron chi connectivity index (χ1n) is 12.6. The van der Waals surface area contributed by atoms with Gasteiger partial charge in [-0.2, -0.15) is 0 Å². The third kappa shape index (κ3) is 8.70. The highest BCUT2D eigenvalue weighted by Gasteiger charge is 2.16. The van der Waals surface area contributed by atoms with Gasteiger partial charge in [-0.3, -0.25) is 14.4 Å². The highest BCUT2D eigenvalue weighted by Crippen LogP contribution is 2.23. The van der Waals surface area contributed by atoms with Crippen molar-refractivity contribution in [2.24, 2.45) is 0 Å². The van der Waals surface area contributed by atoms with E-state index in [0.717, 1.165) is 4.90 Å². The smallest absolute Gasteiger partial charge is 0.338 e. The number of nitrogens with one attached hydrogen (secondary N) is 3. The quantitative estimate of drug-likeness (QED) is 0.122. The van der Waals surface area contributed by atoms with Gasteiger partial charge in [0, 0.05) is 27.9 Å². The molecule has 1 aromatic heterocycles. The SMILES string of the molecule is CCOC(=O)c1ccc(NC(=O)CSc2cccc(NC(=O)/C(=C/c3ccco3)NC(=O)c3ccccc3)c2)cc1. The Morgan fingerprint density at radius 3 is 2.32 bits per heavy atom. The van der Waals surface area contributed by atoms with E-state index in [9.17, 15) is 19.2 Å². The van der Waals surface area contributed by atoms with E-state index in [1.807, 2.05) is 6.07 Å². The number of carbonyl (C=O) groups is 4. The first kappa shape index (κ1) is 28.9. The van der Waals surface area contributed by atoms with Gasteiger partial charge in [-0.25, -0.2) is 4.79 Å². The van der Waals surface area contributed by atoms with Crippen molar-refractivity contribution in [1.82, 2.24) is 5.32 Å². The summed E-state index contributed by atoms with van der Waals surface area (Å²) in [4.78, 5) is 50.9.